The van der Waals surface area contributed by atoms with Gasteiger partial charge < -0.3 is 30.0 Å². The van der Waals surface area contributed by atoms with Crippen LogP contribution in [-0.4, -0.2) is 61.4 Å². The fourth-order valence-electron chi connectivity index (χ4n) is 4.01. The first-order valence-electron chi connectivity index (χ1n) is 11.6. The van der Waals surface area contributed by atoms with Gasteiger partial charge in [-0.15, -0.1) is 0 Å². The molecule has 0 bridgehead atoms. The number of nitrogens with two attached hydrogens (primary N) is 1. The van der Waals surface area contributed by atoms with Crippen LogP contribution in [0, 0.1) is 5.92 Å². The maximum absolute atomic E-state index is 12.7. The molecule has 1 aromatic heterocycles. The molecule has 0 spiro atoms. The van der Waals surface area contributed by atoms with Crippen molar-refractivity contribution in [2.24, 2.45) is 11.7 Å². The van der Waals surface area contributed by atoms with Gasteiger partial charge in [0.05, 0.1) is 33.1 Å². The molecule has 194 valence electrons. The Kier molecular flexibility index (Phi) is 8.54. The van der Waals surface area contributed by atoms with Gasteiger partial charge in [-0.3, -0.25) is 4.79 Å². The fraction of sp³-hybridized carbons (Fsp3) is 0.423. The monoisotopic (exact) mass is 497 g/mol. The number of nitrogens with zero attached hydrogens (tertiary/aromatic N) is 2. The van der Waals surface area contributed by atoms with Crippen molar-refractivity contribution < 1.29 is 23.7 Å². The standard InChI is InChI=1S/C26H35N5O5/c1-15(2)12-18(27)25(32)28-19-13-16(8-9-20(19)33-4)22-23(30-31-29-22)17-10-11-26(3,36-7)24(35-6)21(14-17)34-5/h8-11,13-15,18H,12,27H2,1-7H3,(H,28,32)(H,29,30,31). The quantitative estimate of drug-likeness (QED) is 0.453. The van der Waals surface area contributed by atoms with E-state index < -0.39 is 11.6 Å². The van der Waals surface area contributed by atoms with E-state index in [0.717, 1.165) is 11.1 Å². The van der Waals surface area contributed by atoms with Crippen LogP contribution in [0.4, 0.5) is 5.69 Å². The summed E-state index contributed by atoms with van der Waals surface area (Å²) >= 11 is 0. The molecule has 1 heterocycles. The highest BCUT2D eigenvalue weighted by Gasteiger charge is 2.33. The van der Waals surface area contributed by atoms with Crippen molar-refractivity contribution in [2.45, 2.75) is 38.8 Å². The van der Waals surface area contributed by atoms with Crippen LogP contribution in [0.2, 0.25) is 0 Å². The van der Waals surface area contributed by atoms with Crippen molar-refractivity contribution in [3.63, 3.8) is 0 Å². The molecule has 4 N–H and O–H groups in total. The van der Waals surface area contributed by atoms with Gasteiger partial charge in [0.2, 0.25) is 5.91 Å². The van der Waals surface area contributed by atoms with E-state index >= 15 is 0 Å². The Bertz CT molecular complexity index is 1180. The Morgan fingerprint density at radius 1 is 1.11 bits per heavy atom. The van der Waals surface area contributed by atoms with E-state index in [9.17, 15) is 4.79 Å². The van der Waals surface area contributed by atoms with Crippen LogP contribution in [0.1, 0.15) is 32.9 Å². The predicted octanol–water partition coefficient (Wildman–Crippen LogP) is 3.65. The Labute approximate surface area is 211 Å². The molecule has 2 aromatic rings. The molecule has 0 saturated carbocycles. The van der Waals surface area contributed by atoms with E-state index in [1.807, 2.05) is 45.1 Å². The maximum Gasteiger partial charge on any atom is 0.241 e. The number of carbonyl (C=O) groups is 1. The van der Waals surface area contributed by atoms with Gasteiger partial charge >= 0.3 is 0 Å². The number of methoxy groups -OCH3 is 4. The van der Waals surface area contributed by atoms with Gasteiger partial charge in [0, 0.05) is 18.2 Å². The average molecular weight is 498 g/mol. The zero-order valence-corrected chi connectivity index (χ0v) is 21.8. The molecule has 3 rings (SSSR count). The van der Waals surface area contributed by atoms with Gasteiger partial charge in [-0.05, 0) is 49.6 Å². The lowest BCUT2D eigenvalue weighted by atomic mass is 10.0. The van der Waals surface area contributed by atoms with Gasteiger partial charge in [-0.1, -0.05) is 19.9 Å². The molecule has 1 aliphatic rings. The van der Waals surface area contributed by atoms with Crippen molar-refractivity contribution in [1.82, 2.24) is 15.4 Å². The van der Waals surface area contributed by atoms with Crippen LogP contribution in [0.3, 0.4) is 0 Å². The molecule has 36 heavy (non-hydrogen) atoms. The van der Waals surface area contributed by atoms with Crippen molar-refractivity contribution >= 4 is 17.2 Å². The van der Waals surface area contributed by atoms with E-state index in [2.05, 4.69) is 20.7 Å². The average Bonchev–Trinajstić information content (AvgIpc) is 3.29. The number of benzene rings is 1. The summed E-state index contributed by atoms with van der Waals surface area (Å²) in [6, 6.07) is 4.76. The Morgan fingerprint density at radius 3 is 2.44 bits per heavy atom. The molecule has 1 aliphatic carbocycles. The number of H-pyrrole nitrogens is 1. The zero-order chi connectivity index (χ0) is 26.5. The molecule has 0 radical (unpaired) electrons. The van der Waals surface area contributed by atoms with Gasteiger partial charge in [-0.25, -0.2) is 0 Å². The minimum atomic E-state index is -0.839. The zero-order valence-electron chi connectivity index (χ0n) is 21.8. The molecule has 0 saturated heterocycles. The lowest BCUT2D eigenvalue weighted by Crippen LogP contribution is -2.36. The highest BCUT2D eigenvalue weighted by molar-refractivity contribution is 5.97. The largest absolute Gasteiger partial charge is 0.495 e. The minimum Gasteiger partial charge on any atom is -0.495 e. The molecule has 0 fully saturated rings. The van der Waals surface area contributed by atoms with E-state index in [1.165, 1.54) is 0 Å². The van der Waals surface area contributed by atoms with Crippen LogP contribution in [0.15, 0.2) is 47.9 Å². The number of aromatic nitrogens is 3. The predicted molar refractivity (Wildman–Crippen MR) is 138 cm³/mol. The number of aromatic amines is 1. The summed E-state index contributed by atoms with van der Waals surface area (Å²) < 4.78 is 22.4. The number of hydrogen-bond donors (Lipinski definition) is 3. The molecule has 2 atom stereocenters. The molecule has 10 heteroatoms. The van der Waals surface area contributed by atoms with Crippen LogP contribution in [0.5, 0.6) is 5.75 Å². The SMILES string of the molecule is COC1=C(OC)C(C)(OC)C=CC(c2n[nH]nc2-c2ccc(OC)c(NC(=O)C(N)CC(C)C)c2)=C1. The van der Waals surface area contributed by atoms with Crippen molar-refractivity contribution in [3.05, 3.63) is 53.6 Å². The van der Waals surface area contributed by atoms with E-state index in [-0.39, 0.29) is 5.91 Å². The third kappa shape index (κ3) is 5.60. The second kappa shape index (κ2) is 11.4. The van der Waals surface area contributed by atoms with E-state index in [0.29, 0.717) is 46.7 Å². The lowest BCUT2D eigenvalue weighted by Gasteiger charge is -2.26. The van der Waals surface area contributed by atoms with Crippen molar-refractivity contribution in [2.75, 3.05) is 33.8 Å². The normalized spacial score (nSPS) is 18.5. The number of amides is 1. The van der Waals surface area contributed by atoms with Crippen LogP contribution < -0.4 is 15.8 Å². The molecule has 1 amide bonds. The fourth-order valence-corrected chi connectivity index (χ4v) is 4.01. The molecular weight excluding hydrogens is 462 g/mol. The lowest BCUT2D eigenvalue weighted by molar-refractivity contribution is -0.117. The summed E-state index contributed by atoms with van der Waals surface area (Å²) in [6.45, 7) is 5.92. The maximum atomic E-state index is 12.7. The van der Waals surface area contributed by atoms with Crippen LogP contribution in [-0.2, 0) is 19.0 Å². The second-order valence-electron chi connectivity index (χ2n) is 9.01. The first-order valence-corrected chi connectivity index (χ1v) is 11.6. The molecule has 0 aliphatic heterocycles. The highest BCUT2D eigenvalue weighted by Crippen LogP contribution is 2.36. The van der Waals surface area contributed by atoms with Crippen molar-refractivity contribution in [3.8, 4) is 17.0 Å². The third-order valence-electron chi connectivity index (χ3n) is 6.00. The Hall–Kier alpha value is -3.63. The number of anilines is 1. The Morgan fingerprint density at radius 2 is 1.83 bits per heavy atom. The van der Waals surface area contributed by atoms with Gasteiger partial charge in [0.15, 0.2) is 11.5 Å². The third-order valence-corrected chi connectivity index (χ3v) is 6.00. The highest BCUT2D eigenvalue weighted by atomic mass is 16.5. The Balaban J connectivity index is 2.03. The number of hydrogen-bond acceptors (Lipinski definition) is 8. The first-order chi connectivity index (χ1) is 17.2. The molecule has 1 aromatic carbocycles. The van der Waals surface area contributed by atoms with Crippen LogP contribution >= 0.6 is 0 Å². The topological polar surface area (TPSA) is 134 Å². The molecule has 10 nitrogen and oxygen atoms in total. The number of nitrogens with one attached hydrogen (secondary N) is 2. The summed E-state index contributed by atoms with van der Waals surface area (Å²) in [5.74, 6) is 1.54. The number of allylic oxidation sites excluding steroid dienone is 3. The molecule has 2 unspecified atom stereocenters. The summed E-state index contributed by atoms with van der Waals surface area (Å²) in [6.07, 6.45) is 6.14. The first kappa shape index (κ1) is 27.0. The summed E-state index contributed by atoms with van der Waals surface area (Å²) in [5, 5.41) is 14.4. The van der Waals surface area contributed by atoms with Crippen molar-refractivity contribution in [1.29, 1.82) is 0 Å². The smallest absolute Gasteiger partial charge is 0.241 e. The van der Waals surface area contributed by atoms with Crippen LogP contribution in [0.25, 0.3) is 16.8 Å². The van der Waals surface area contributed by atoms with Gasteiger partial charge in [-0.2, -0.15) is 15.4 Å². The summed E-state index contributed by atoms with van der Waals surface area (Å²) in [5.41, 5.74) is 8.33. The second-order valence-corrected chi connectivity index (χ2v) is 9.01. The number of carbonyl (C=O) groups excluding carboxylic acids is 1. The summed E-state index contributed by atoms with van der Waals surface area (Å²) in [7, 11) is 6.28. The summed E-state index contributed by atoms with van der Waals surface area (Å²) in [4.78, 5) is 12.7. The minimum absolute atomic E-state index is 0.283. The van der Waals surface area contributed by atoms with Gasteiger partial charge in [0.25, 0.3) is 0 Å². The van der Waals surface area contributed by atoms with E-state index in [1.54, 1.807) is 40.6 Å². The number of rotatable bonds is 10. The number of ether oxygens (including phenoxy) is 4. The van der Waals surface area contributed by atoms with Gasteiger partial charge in [0.1, 0.15) is 22.7 Å². The van der Waals surface area contributed by atoms with E-state index in [4.69, 9.17) is 24.7 Å². The molecular formula is C26H35N5O5.